The van der Waals surface area contributed by atoms with Gasteiger partial charge in [0.25, 0.3) is 5.91 Å². The van der Waals surface area contributed by atoms with Crippen molar-refractivity contribution in [3.63, 3.8) is 0 Å². The second-order valence-corrected chi connectivity index (χ2v) is 5.86. The van der Waals surface area contributed by atoms with Crippen molar-refractivity contribution in [3.8, 4) is 0 Å². The monoisotopic (exact) mass is 282 g/mol. The highest BCUT2D eigenvalue weighted by Gasteiger charge is 2.24. The van der Waals surface area contributed by atoms with E-state index in [0.29, 0.717) is 17.1 Å². The van der Waals surface area contributed by atoms with Crippen molar-refractivity contribution in [2.75, 3.05) is 11.9 Å². The topological polar surface area (TPSA) is 96.2 Å². The number of carbonyl (C=O) groups excluding carboxylic acids is 2. The molecule has 7 heteroatoms. The molecule has 1 aliphatic heterocycles. The Labute approximate surface area is 115 Å². The maximum atomic E-state index is 11.7. The molecule has 104 valence electrons. The van der Waals surface area contributed by atoms with E-state index < -0.39 is 5.91 Å². The lowest BCUT2D eigenvalue weighted by Gasteiger charge is -2.13. The average Bonchev–Trinajstić information content (AvgIpc) is 2.64. The van der Waals surface area contributed by atoms with Gasteiger partial charge in [0.2, 0.25) is 0 Å². The van der Waals surface area contributed by atoms with Gasteiger partial charge in [-0.05, 0) is 32.4 Å². The average molecular weight is 282 g/mol. The van der Waals surface area contributed by atoms with Gasteiger partial charge in [-0.1, -0.05) is 0 Å². The van der Waals surface area contributed by atoms with Gasteiger partial charge in [0, 0.05) is 17.5 Å². The SMILES string of the molecule is CC(C)NC(=O)Nc1sc2c(c1C(N)=O)CCNC2. The Kier molecular flexibility index (Phi) is 4.06. The van der Waals surface area contributed by atoms with Crippen molar-refractivity contribution < 1.29 is 9.59 Å². The van der Waals surface area contributed by atoms with Crippen LogP contribution in [0.4, 0.5) is 9.80 Å². The Morgan fingerprint density at radius 3 is 2.79 bits per heavy atom. The van der Waals surface area contributed by atoms with Crippen LogP contribution in [-0.4, -0.2) is 24.5 Å². The van der Waals surface area contributed by atoms with E-state index in [1.807, 2.05) is 13.8 Å². The first-order chi connectivity index (χ1) is 8.99. The van der Waals surface area contributed by atoms with E-state index in [1.165, 1.54) is 11.3 Å². The van der Waals surface area contributed by atoms with Gasteiger partial charge in [0.15, 0.2) is 0 Å². The second-order valence-electron chi connectivity index (χ2n) is 4.75. The van der Waals surface area contributed by atoms with Crippen molar-refractivity contribution in [3.05, 3.63) is 16.0 Å². The van der Waals surface area contributed by atoms with Crippen LogP contribution in [0.15, 0.2) is 0 Å². The summed E-state index contributed by atoms with van der Waals surface area (Å²) in [4.78, 5) is 24.4. The highest BCUT2D eigenvalue weighted by molar-refractivity contribution is 7.17. The van der Waals surface area contributed by atoms with E-state index in [9.17, 15) is 9.59 Å². The fourth-order valence-electron chi connectivity index (χ4n) is 2.08. The third kappa shape index (κ3) is 3.05. The lowest BCUT2D eigenvalue weighted by atomic mass is 10.0. The summed E-state index contributed by atoms with van der Waals surface area (Å²) in [5, 5.41) is 9.22. The lowest BCUT2D eigenvalue weighted by molar-refractivity contribution is 0.100. The minimum atomic E-state index is -0.487. The van der Waals surface area contributed by atoms with E-state index in [4.69, 9.17) is 5.73 Å². The first-order valence-electron chi connectivity index (χ1n) is 6.21. The van der Waals surface area contributed by atoms with Gasteiger partial charge in [0.1, 0.15) is 5.00 Å². The molecule has 0 spiro atoms. The van der Waals surface area contributed by atoms with E-state index in [2.05, 4.69) is 16.0 Å². The number of carbonyl (C=O) groups is 2. The van der Waals surface area contributed by atoms with E-state index >= 15 is 0 Å². The van der Waals surface area contributed by atoms with Gasteiger partial charge in [-0.15, -0.1) is 11.3 Å². The molecule has 0 saturated heterocycles. The Hall–Kier alpha value is -1.60. The summed E-state index contributed by atoms with van der Waals surface area (Å²) in [6.45, 7) is 5.28. The quantitative estimate of drug-likeness (QED) is 0.666. The molecule has 0 saturated carbocycles. The number of hydrogen-bond donors (Lipinski definition) is 4. The third-order valence-electron chi connectivity index (χ3n) is 2.82. The summed E-state index contributed by atoms with van der Waals surface area (Å²) in [6.07, 6.45) is 0.761. The van der Waals surface area contributed by atoms with Crippen molar-refractivity contribution >= 4 is 28.3 Å². The zero-order chi connectivity index (χ0) is 14.0. The molecule has 0 aliphatic carbocycles. The largest absolute Gasteiger partial charge is 0.365 e. The maximum absolute atomic E-state index is 11.7. The molecule has 1 aromatic rings. The number of nitrogens with one attached hydrogen (secondary N) is 3. The normalized spacial score (nSPS) is 14.1. The zero-order valence-corrected chi connectivity index (χ0v) is 11.8. The highest BCUT2D eigenvalue weighted by atomic mass is 32.1. The molecule has 1 aromatic heterocycles. The molecule has 3 amide bonds. The Balaban J connectivity index is 2.27. The smallest absolute Gasteiger partial charge is 0.320 e. The van der Waals surface area contributed by atoms with Crippen molar-refractivity contribution in [1.29, 1.82) is 0 Å². The van der Waals surface area contributed by atoms with Crippen LogP contribution in [0.5, 0.6) is 0 Å². The van der Waals surface area contributed by atoms with Crippen LogP contribution in [0.1, 0.15) is 34.6 Å². The van der Waals surface area contributed by atoms with Crippen LogP contribution < -0.4 is 21.7 Å². The van der Waals surface area contributed by atoms with Crippen LogP contribution >= 0.6 is 11.3 Å². The Morgan fingerprint density at radius 1 is 1.42 bits per heavy atom. The van der Waals surface area contributed by atoms with E-state index in [0.717, 1.165) is 23.4 Å². The van der Waals surface area contributed by atoms with Gasteiger partial charge in [-0.3, -0.25) is 10.1 Å². The summed E-state index contributed by atoms with van der Waals surface area (Å²) in [7, 11) is 0. The number of urea groups is 1. The van der Waals surface area contributed by atoms with E-state index in [1.54, 1.807) is 0 Å². The summed E-state index contributed by atoms with van der Waals surface area (Å²) >= 11 is 1.41. The third-order valence-corrected chi connectivity index (χ3v) is 3.97. The molecule has 0 atom stereocenters. The minimum Gasteiger partial charge on any atom is -0.365 e. The Bertz CT molecular complexity index is 510. The number of rotatable bonds is 3. The molecule has 0 fully saturated rings. The van der Waals surface area contributed by atoms with Gasteiger partial charge in [0.05, 0.1) is 5.56 Å². The lowest BCUT2D eigenvalue weighted by Crippen LogP contribution is -2.34. The molecule has 0 bridgehead atoms. The Morgan fingerprint density at radius 2 is 2.16 bits per heavy atom. The number of nitrogens with two attached hydrogens (primary N) is 1. The summed E-state index contributed by atoms with van der Waals surface area (Å²) in [6, 6.07) is -0.280. The molecular weight excluding hydrogens is 264 g/mol. The maximum Gasteiger partial charge on any atom is 0.320 e. The molecule has 2 rings (SSSR count). The molecule has 0 radical (unpaired) electrons. The predicted octanol–water partition coefficient (Wildman–Crippen LogP) is 1.02. The van der Waals surface area contributed by atoms with Crippen LogP contribution in [0, 0.1) is 0 Å². The van der Waals surface area contributed by atoms with E-state index in [-0.39, 0.29) is 12.1 Å². The van der Waals surface area contributed by atoms with Gasteiger partial charge < -0.3 is 16.4 Å². The molecule has 6 nitrogen and oxygen atoms in total. The second kappa shape index (κ2) is 5.58. The molecule has 0 aromatic carbocycles. The minimum absolute atomic E-state index is 0.0354. The molecular formula is C12H18N4O2S. The molecule has 19 heavy (non-hydrogen) atoms. The fraction of sp³-hybridized carbons (Fsp3) is 0.500. The summed E-state index contributed by atoms with van der Waals surface area (Å²) < 4.78 is 0. The number of amides is 3. The van der Waals surface area contributed by atoms with Crippen LogP contribution in [0.25, 0.3) is 0 Å². The first kappa shape index (κ1) is 13.8. The molecule has 1 aliphatic rings. The van der Waals surface area contributed by atoms with Crippen LogP contribution in [-0.2, 0) is 13.0 Å². The zero-order valence-electron chi connectivity index (χ0n) is 11.0. The fourth-order valence-corrected chi connectivity index (χ4v) is 3.30. The summed E-state index contributed by atoms with van der Waals surface area (Å²) in [5.74, 6) is -0.487. The van der Waals surface area contributed by atoms with Crippen LogP contribution in [0.3, 0.4) is 0 Å². The van der Waals surface area contributed by atoms with Gasteiger partial charge >= 0.3 is 6.03 Å². The summed E-state index contributed by atoms with van der Waals surface area (Å²) in [5.41, 5.74) is 6.86. The van der Waals surface area contributed by atoms with Crippen molar-refractivity contribution in [1.82, 2.24) is 10.6 Å². The number of anilines is 1. The number of hydrogen-bond acceptors (Lipinski definition) is 4. The van der Waals surface area contributed by atoms with Crippen molar-refractivity contribution in [2.45, 2.75) is 32.9 Å². The number of thiophene rings is 1. The highest BCUT2D eigenvalue weighted by Crippen LogP contribution is 2.34. The molecule has 2 heterocycles. The number of primary amides is 1. The first-order valence-corrected chi connectivity index (χ1v) is 7.03. The van der Waals surface area contributed by atoms with Crippen molar-refractivity contribution in [2.24, 2.45) is 5.73 Å². The molecule has 0 unspecified atom stereocenters. The molecule has 5 N–H and O–H groups in total. The van der Waals surface area contributed by atoms with Gasteiger partial charge in [-0.2, -0.15) is 0 Å². The predicted molar refractivity (Wildman–Crippen MR) is 75.5 cm³/mol. The van der Waals surface area contributed by atoms with Gasteiger partial charge in [-0.25, -0.2) is 4.79 Å². The number of fused-ring (bicyclic) bond motifs is 1. The van der Waals surface area contributed by atoms with Crippen LogP contribution in [0.2, 0.25) is 0 Å². The standard InChI is InChI=1S/C12H18N4O2S/c1-6(2)15-12(18)16-11-9(10(13)17)7-3-4-14-5-8(7)19-11/h6,14H,3-5H2,1-2H3,(H2,13,17)(H2,15,16,18).